The van der Waals surface area contributed by atoms with E-state index in [4.69, 9.17) is 11.6 Å². The standard InChI is InChI=1S/C18H27ClN4O/c1-22(2)16-5-4-15(11-16)21-18(24)13-7-9-23(10-8-13)17-6-3-14(19)12-20-17/h3,6,12-13,15-16H,4-5,7-11H2,1-2H3,(H,21,24)/t15-,16+/m0/s1. The Kier molecular flexibility index (Phi) is 5.61. The number of pyridine rings is 1. The van der Waals surface area contributed by atoms with Crippen LogP contribution in [0.2, 0.25) is 5.02 Å². The highest BCUT2D eigenvalue weighted by atomic mass is 35.5. The smallest absolute Gasteiger partial charge is 0.223 e. The fourth-order valence-electron chi connectivity index (χ4n) is 3.80. The quantitative estimate of drug-likeness (QED) is 0.906. The van der Waals surface area contributed by atoms with Gasteiger partial charge in [0.1, 0.15) is 5.82 Å². The van der Waals surface area contributed by atoms with E-state index in [1.165, 1.54) is 6.42 Å². The molecular weight excluding hydrogens is 324 g/mol. The Hall–Kier alpha value is -1.33. The minimum Gasteiger partial charge on any atom is -0.357 e. The number of hydrogen-bond acceptors (Lipinski definition) is 4. The van der Waals surface area contributed by atoms with Gasteiger partial charge in [-0.25, -0.2) is 4.98 Å². The second-order valence-corrected chi connectivity index (χ2v) is 7.67. The highest BCUT2D eigenvalue weighted by molar-refractivity contribution is 6.30. The van der Waals surface area contributed by atoms with E-state index >= 15 is 0 Å². The maximum atomic E-state index is 12.5. The molecule has 0 radical (unpaired) electrons. The van der Waals surface area contributed by atoms with E-state index in [0.717, 1.165) is 44.6 Å². The lowest BCUT2D eigenvalue weighted by Gasteiger charge is -2.32. The summed E-state index contributed by atoms with van der Waals surface area (Å²) in [4.78, 5) is 21.4. The average Bonchev–Trinajstić information content (AvgIpc) is 3.04. The summed E-state index contributed by atoms with van der Waals surface area (Å²) in [5.74, 6) is 1.32. The highest BCUT2D eigenvalue weighted by Gasteiger charge is 2.31. The van der Waals surface area contributed by atoms with Crippen molar-refractivity contribution in [1.82, 2.24) is 15.2 Å². The Labute approximate surface area is 149 Å². The summed E-state index contributed by atoms with van der Waals surface area (Å²) in [5.41, 5.74) is 0. The first-order chi connectivity index (χ1) is 11.5. The molecule has 1 N–H and O–H groups in total. The first-order valence-corrected chi connectivity index (χ1v) is 9.24. The molecule has 132 valence electrons. The van der Waals surface area contributed by atoms with Crippen LogP contribution < -0.4 is 10.2 Å². The molecule has 1 aromatic heterocycles. The molecule has 1 aromatic rings. The Morgan fingerprint density at radius 3 is 2.58 bits per heavy atom. The van der Waals surface area contributed by atoms with Crippen molar-refractivity contribution < 1.29 is 4.79 Å². The number of hydrogen-bond donors (Lipinski definition) is 1. The van der Waals surface area contributed by atoms with Crippen molar-refractivity contribution in [3.05, 3.63) is 23.4 Å². The second-order valence-electron chi connectivity index (χ2n) is 7.23. The average molecular weight is 351 g/mol. The first-order valence-electron chi connectivity index (χ1n) is 8.86. The van der Waals surface area contributed by atoms with E-state index < -0.39 is 0 Å². The number of nitrogens with zero attached hydrogens (tertiary/aromatic N) is 3. The lowest BCUT2D eigenvalue weighted by Crippen LogP contribution is -2.43. The molecule has 6 heteroatoms. The summed E-state index contributed by atoms with van der Waals surface area (Å²) in [5, 5.41) is 3.93. The number of carbonyl (C=O) groups is 1. The zero-order valence-corrected chi connectivity index (χ0v) is 15.3. The fourth-order valence-corrected chi connectivity index (χ4v) is 3.91. The summed E-state index contributed by atoms with van der Waals surface area (Å²) < 4.78 is 0. The van der Waals surface area contributed by atoms with Crippen molar-refractivity contribution in [3.8, 4) is 0 Å². The van der Waals surface area contributed by atoms with Crippen LogP contribution in [0.1, 0.15) is 32.1 Å². The molecule has 1 saturated heterocycles. The zero-order chi connectivity index (χ0) is 17.1. The molecular formula is C18H27ClN4O. The predicted molar refractivity (Wildman–Crippen MR) is 97.4 cm³/mol. The van der Waals surface area contributed by atoms with Crippen LogP contribution in [0.25, 0.3) is 0 Å². The minimum absolute atomic E-state index is 0.131. The second kappa shape index (κ2) is 7.70. The van der Waals surface area contributed by atoms with Gasteiger partial charge in [-0.2, -0.15) is 0 Å². The van der Waals surface area contributed by atoms with Gasteiger partial charge in [0.2, 0.25) is 5.91 Å². The summed E-state index contributed by atoms with van der Waals surface area (Å²) in [6, 6.07) is 4.76. The largest absolute Gasteiger partial charge is 0.357 e. The normalized spacial score (nSPS) is 25.2. The van der Waals surface area contributed by atoms with E-state index in [-0.39, 0.29) is 11.8 Å². The fraction of sp³-hybridized carbons (Fsp3) is 0.667. The van der Waals surface area contributed by atoms with Crippen LogP contribution in [0, 0.1) is 5.92 Å². The van der Waals surface area contributed by atoms with Gasteiger partial charge in [0.25, 0.3) is 0 Å². The lowest BCUT2D eigenvalue weighted by molar-refractivity contribution is -0.126. The van der Waals surface area contributed by atoms with Crippen molar-refractivity contribution in [1.29, 1.82) is 0 Å². The van der Waals surface area contributed by atoms with Gasteiger partial charge in [-0.3, -0.25) is 4.79 Å². The maximum absolute atomic E-state index is 12.5. The molecule has 5 nitrogen and oxygen atoms in total. The summed E-state index contributed by atoms with van der Waals surface area (Å²) in [6.45, 7) is 1.75. The van der Waals surface area contributed by atoms with Crippen molar-refractivity contribution >= 4 is 23.3 Å². The molecule has 0 spiro atoms. The van der Waals surface area contributed by atoms with E-state index in [9.17, 15) is 4.79 Å². The van der Waals surface area contributed by atoms with Gasteiger partial charge in [-0.05, 0) is 58.3 Å². The maximum Gasteiger partial charge on any atom is 0.223 e. The number of aromatic nitrogens is 1. The van der Waals surface area contributed by atoms with E-state index in [1.54, 1.807) is 6.20 Å². The molecule has 2 aliphatic rings. The van der Waals surface area contributed by atoms with Gasteiger partial charge in [0.05, 0.1) is 5.02 Å². The molecule has 2 heterocycles. The predicted octanol–water partition coefficient (Wildman–Crippen LogP) is 2.55. The molecule has 1 amide bonds. The molecule has 1 saturated carbocycles. The number of rotatable bonds is 4. The number of halogens is 1. The van der Waals surface area contributed by atoms with Crippen LogP contribution in [0.3, 0.4) is 0 Å². The lowest BCUT2D eigenvalue weighted by atomic mass is 9.95. The topological polar surface area (TPSA) is 48.5 Å². The summed E-state index contributed by atoms with van der Waals surface area (Å²) in [6.07, 6.45) is 6.81. The summed E-state index contributed by atoms with van der Waals surface area (Å²) in [7, 11) is 4.24. The molecule has 24 heavy (non-hydrogen) atoms. The van der Waals surface area contributed by atoms with E-state index in [2.05, 4.69) is 34.2 Å². The summed E-state index contributed by atoms with van der Waals surface area (Å²) >= 11 is 5.89. The Morgan fingerprint density at radius 2 is 2.00 bits per heavy atom. The van der Waals surface area contributed by atoms with Crippen LogP contribution in [0.4, 0.5) is 5.82 Å². The number of carbonyl (C=O) groups excluding carboxylic acids is 1. The number of piperidine rings is 1. The third-order valence-corrected chi connectivity index (χ3v) is 5.61. The van der Waals surface area contributed by atoms with Gasteiger partial charge in [-0.1, -0.05) is 11.6 Å². The van der Waals surface area contributed by atoms with Crippen LogP contribution in [0.15, 0.2) is 18.3 Å². The van der Waals surface area contributed by atoms with Crippen LogP contribution in [0.5, 0.6) is 0 Å². The van der Waals surface area contributed by atoms with Gasteiger partial charge in [-0.15, -0.1) is 0 Å². The SMILES string of the molecule is CN(C)[C@@H]1CC[C@H](NC(=O)C2CCN(c3ccc(Cl)cn3)CC2)C1. The Morgan fingerprint density at radius 1 is 1.25 bits per heavy atom. The molecule has 0 bridgehead atoms. The monoisotopic (exact) mass is 350 g/mol. The Bertz CT molecular complexity index is 555. The molecule has 1 aliphatic carbocycles. The van der Waals surface area contributed by atoms with Crippen LogP contribution >= 0.6 is 11.6 Å². The number of amides is 1. The number of nitrogens with one attached hydrogen (secondary N) is 1. The minimum atomic E-state index is 0.131. The molecule has 3 rings (SSSR count). The van der Waals surface area contributed by atoms with Gasteiger partial charge >= 0.3 is 0 Å². The highest BCUT2D eigenvalue weighted by Crippen LogP contribution is 2.25. The van der Waals surface area contributed by atoms with Crippen molar-refractivity contribution in [2.24, 2.45) is 5.92 Å². The third-order valence-electron chi connectivity index (χ3n) is 5.38. The molecule has 0 aromatic carbocycles. The molecule has 1 aliphatic heterocycles. The van der Waals surface area contributed by atoms with Gasteiger partial charge in [0, 0.05) is 37.3 Å². The third kappa shape index (κ3) is 4.19. The Balaban J connectivity index is 1.46. The molecule has 2 fully saturated rings. The van der Waals surface area contributed by atoms with Gasteiger partial charge in [0.15, 0.2) is 0 Å². The van der Waals surface area contributed by atoms with Crippen molar-refractivity contribution in [2.75, 3.05) is 32.1 Å². The van der Waals surface area contributed by atoms with E-state index in [0.29, 0.717) is 17.1 Å². The van der Waals surface area contributed by atoms with Crippen molar-refractivity contribution in [3.63, 3.8) is 0 Å². The van der Waals surface area contributed by atoms with Gasteiger partial charge < -0.3 is 15.1 Å². The molecule has 2 atom stereocenters. The molecule has 0 unspecified atom stereocenters. The zero-order valence-electron chi connectivity index (χ0n) is 14.5. The first kappa shape index (κ1) is 17.5. The van der Waals surface area contributed by atoms with Crippen LogP contribution in [-0.2, 0) is 4.79 Å². The van der Waals surface area contributed by atoms with Crippen molar-refractivity contribution in [2.45, 2.75) is 44.2 Å². The van der Waals surface area contributed by atoms with E-state index in [1.807, 2.05) is 12.1 Å². The number of anilines is 1. The van der Waals surface area contributed by atoms with Crippen LogP contribution in [-0.4, -0.2) is 55.1 Å².